The van der Waals surface area contributed by atoms with Crippen LogP contribution in [-0.4, -0.2) is 52.8 Å². The highest BCUT2D eigenvalue weighted by atomic mass is 32.1. The van der Waals surface area contributed by atoms with Crippen LogP contribution in [0.3, 0.4) is 0 Å². The molecular formula is C19H25N5OS. The lowest BCUT2D eigenvalue weighted by Crippen LogP contribution is -2.35. The Balaban J connectivity index is 1.94. The van der Waals surface area contributed by atoms with Crippen LogP contribution in [0.5, 0.6) is 0 Å². The Morgan fingerprint density at radius 2 is 1.96 bits per heavy atom. The predicted molar refractivity (Wildman–Crippen MR) is 107 cm³/mol. The third-order valence-corrected chi connectivity index (χ3v) is 5.18. The highest BCUT2D eigenvalue weighted by molar-refractivity contribution is 7.22. The van der Waals surface area contributed by atoms with Crippen LogP contribution in [0.2, 0.25) is 0 Å². The monoisotopic (exact) mass is 371 g/mol. The summed E-state index contributed by atoms with van der Waals surface area (Å²) in [5, 5.41) is 5.05. The first-order chi connectivity index (χ1) is 12.5. The van der Waals surface area contributed by atoms with E-state index in [9.17, 15) is 4.79 Å². The van der Waals surface area contributed by atoms with Gasteiger partial charge < -0.3 is 4.90 Å². The number of para-hydroxylation sites is 1. The summed E-state index contributed by atoms with van der Waals surface area (Å²) in [6.07, 6.45) is 2.56. The molecule has 0 radical (unpaired) electrons. The Morgan fingerprint density at radius 3 is 2.65 bits per heavy atom. The summed E-state index contributed by atoms with van der Waals surface area (Å²) < 4.78 is 2.86. The summed E-state index contributed by atoms with van der Waals surface area (Å²) in [5.41, 5.74) is 1.53. The van der Waals surface area contributed by atoms with E-state index in [1.54, 1.807) is 33.2 Å². The number of rotatable bonds is 7. The lowest BCUT2D eigenvalue weighted by Gasteiger charge is -2.22. The van der Waals surface area contributed by atoms with Crippen molar-refractivity contribution in [3.8, 4) is 0 Å². The zero-order valence-corrected chi connectivity index (χ0v) is 16.5. The van der Waals surface area contributed by atoms with E-state index in [4.69, 9.17) is 4.98 Å². The van der Waals surface area contributed by atoms with Crippen LogP contribution in [0, 0.1) is 0 Å². The summed E-state index contributed by atoms with van der Waals surface area (Å²) >= 11 is 1.55. The number of amides is 1. The van der Waals surface area contributed by atoms with Gasteiger partial charge in [0.1, 0.15) is 5.69 Å². The molecule has 0 aliphatic carbocycles. The molecule has 2 heterocycles. The van der Waals surface area contributed by atoms with Crippen molar-refractivity contribution in [2.75, 3.05) is 32.1 Å². The number of hydrogen-bond donors (Lipinski definition) is 0. The minimum absolute atomic E-state index is 0.0472. The Bertz CT molecular complexity index is 850. The van der Waals surface area contributed by atoms with E-state index in [-0.39, 0.29) is 11.9 Å². The molecule has 0 saturated heterocycles. The van der Waals surface area contributed by atoms with Gasteiger partial charge in [0, 0.05) is 18.8 Å². The number of fused-ring (bicyclic) bond motifs is 1. The highest BCUT2D eigenvalue weighted by Crippen LogP contribution is 2.30. The first kappa shape index (κ1) is 18.5. The van der Waals surface area contributed by atoms with Crippen LogP contribution in [0.25, 0.3) is 10.2 Å². The Morgan fingerprint density at radius 1 is 1.19 bits per heavy atom. The van der Waals surface area contributed by atoms with Crippen molar-refractivity contribution in [3.05, 3.63) is 42.2 Å². The molecule has 0 bridgehead atoms. The van der Waals surface area contributed by atoms with Gasteiger partial charge in [0.2, 0.25) is 0 Å². The van der Waals surface area contributed by atoms with E-state index in [1.807, 2.05) is 52.2 Å². The molecule has 0 aliphatic rings. The molecule has 0 N–H and O–H groups in total. The second kappa shape index (κ2) is 7.97. The van der Waals surface area contributed by atoms with Gasteiger partial charge in [0.25, 0.3) is 5.91 Å². The molecule has 1 amide bonds. The summed E-state index contributed by atoms with van der Waals surface area (Å²) in [6.45, 7) is 5.59. The lowest BCUT2D eigenvalue weighted by atomic mass is 10.3. The molecule has 2 aromatic heterocycles. The van der Waals surface area contributed by atoms with Crippen LogP contribution in [-0.2, 0) is 0 Å². The minimum atomic E-state index is -0.0472. The van der Waals surface area contributed by atoms with Crippen molar-refractivity contribution in [2.24, 2.45) is 0 Å². The zero-order chi connectivity index (χ0) is 18.7. The maximum absolute atomic E-state index is 13.3. The molecule has 0 spiro atoms. The first-order valence-electron chi connectivity index (χ1n) is 8.83. The van der Waals surface area contributed by atoms with Crippen molar-refractivity contribution < 1.29 is 4.79 Å². The van der Waals surface area contributed by atoms with E-state index in [2.05, 4.69) is 10.00 Å². The van der Waals surface area contributed by atoms with Gasteiger partial charge in [-0.25, -0.2) is 4.98 Å². The molecule has 0 aliphatic heterocycles. The van der Waals surface area contributed by atoms with Crippen molar-refractivity contribution in [2.45, 2.75) is 26.3 Å². The van der Waals surface area contributed by atoms with Gasteiger partial charge in [0.15, 0.2) is 5.13 Å². The zero-order valence-electron chi connectivity index (χ0n) is 15.7. The fraction of sp³-hybridized carbons (Fsp3) is 0.421. The largest absolute Gasteiger partial charge is 0.309 e. The quantitative estimate of drug-likeness (QED) is 0.636. The van der Waals surface area contributed by atoms with E-state index < -0.39 is 0 Å². The second-order valence-corrected chi connectivity index (χ2v) is 7.84. The lowest BCUT2D eigenvalue weighted by molar-refractivity contribution is 0.0974. The molecule has 0 saturated carbocycles. The van der Waals surface area contributed by atoms with Crippen LogP contribution >= 0.6 is 11.3 Å². The average molecular weight is 372 g/mol. The van der Waals surface area contributed by atoms with Crippen LogP contribution in [0.15, 0.2) is 36.5 Å². The number of aromatic nitrogens is 3. The molecule has 3 rings (SSSR count). The van der Waals surface area contributed by atoms with E-state index in [0.717, 1.165) is 28.3 Å². The summed E-state index contributed by atoms with van der Waals surface area (Å²) in [4.78, 5) is 21.9. The summed E-state index contributed by atoms with van der Waals surface area (Å²) in [6, 6.07) is 9.90. The van der Waals surface area contributed by atoms with Crippen molar-refractivity contribution >= 4 is 32.6 Å². The number of thiazole rings is 1. The van der Waals surface area contributed by atoms with Crippen LogP contribution in [0.1, 0.15) is 36.8 Å². The molecule has 26 heavy (non-hydrogen) atoms. The van der Waals surface area contributed by atoms with Crippen molar-refractivity contribution in [1.82, 2.24) is 19.7 Å². The Hall–Kier alpha value is -2.25. The summed E-state index contributed by atoms with van der Waals surface area (Å²) in [5.74, 6) is -0.0472. The van der Waals surface area contributed by atoms with E-state index in [0.29, 0.717) is 12.2 Å². The first-order valence-corrected chi connectivity index (χ1v) is 9.64. The number of carbonyl (C=O) groups is 1. The third-order valence-electron chi connectivity index (χ3n) is 4.12. The van der Waals surface area contributed by atoms with Crippen LogP contribution in [0.4, 0.5) is 5.13 Å². The van der Waals surface area contributed by atoms with Gasteiger partial charge >= 0.3 is 0 Å². The topological polar surface area (TPSA) is 54.3 Å². The Kier molecular flexibility index (Phi) is 5.68. The fourth-order valence-electron chi connectivity index (χ4n) is 2.84. The molecule has 0 unspecified atom stereocenters. The smallest absolute Gasteiger partial charge is 0.278 e. The molecule has 3 aromatic rings. The number of nitrogens with zero attached hydrogens (tertiary/aromatic N) is 5. The minimum Gasteiger partial charge on any atom is -0.309 e. The number of hydrogen-bond acceptors (Lipinski definition) is 5. The van der Waals surface area contributed by atoms with Crippen molar-refractivity contribution in [1.29, 1.82) is 0 Å². The van der Waals surface area contributed by atoms with Gasteiger partial charge in [0.05, 0.1) is 10.2 Å². The standard InChI is InChI=1S/C19H25N5OS/c1-14(2)24-16(10-11-20-24)18(25)23(13-7-12-22(3)4)19-21-15-8-5-6-9-17(15)26-19/h5-6,8-11,14H,7,12-13H2,1-4H3. The molecule has 0 fully saturated rings. The summed E-state index contributed by atoms with van der Waals surface area (Å²) in [7, 11) is 4.08. The number of benzene rings is 1. The third kappa shape index (κ3) is 3.94. The molecule has 0 atom stereocenters. The fourth-order valence-corrected chi connectivity index (χ4v) is 3.83. The molecule has 138 valence electrons. The van der Waals surface area contributed by atoms with Crippen molar-refractivity contribution in [3.63, 3.8) is 0 Å². The van der Waals surface area contributed by atoms with Gasteiger partial charge in [-0.15, -0.1) is 0 Å². The SMILES string of the molecule is CC(C)n1nccc1C(=O)N(CCCN(C)C)c1nc2ccccc2s1. The van der Waals surface area contributed by atoms with E-state index >= 15 is 0 Å². The molecule has 7 heteroatoms. The van der Waals surface area contributed by atoms with Gasteiger partial charge in [-0.3, -0.25) is 14.4 Å². The Labute approximate surface area is 158 Å². The van der Waals surface area contributed by atoms with Gasteiger partial charge in [-0.05, 0) is 59.1 Å². The maximum Gasteiger partial charge on any atom is 0.278 e. The van der Waals surface area contributed by atoms with Crippen LogP contribution < -0.4 is 4.90 Å². The average Bonchev–Trinajstić information content (AvgIpc) is 3.24. The van der Waals surface area contributed by atoms with Gasteiger partial charge in [-0.1, -0.05) is 23.5 Å². The van der Waals surface area contributed by atoms with E-state index in [1.165, 1.54) is 0 Å². The molecular weight excluding hydrogens is 346 g/mol. The van der Waals surface area contributed by atoms with Gasteiger partial charge in [-0.2, -0.15) is 5.10 Å². The number of carbonyl (C=O) groups excluding carboxylic acids is 1. The number of anilines is 1. The highest BCUT2D eigenvalue weighted by Gasteiger charge is 2.24. The normalized spacial score (nSPS) is 11.6. The molecule has 6 nitrogen and oxygen atoms in total. The maximum atomic E-state index is 13.3. The second-order valence-electron chi connectivity index (χ2n) is 6.83. The molecule has 1 aromatic carbocycles. The predicted octanol–water partition coefficient (Wildman–Crippen LogP) is 3.67.